The number of fused-ring (bicyclic) bond motifs is 3. The molecule has 0 aliphatic carbocycles. The van der Waals surface area contributed by atoms with Gasteiger partial charge in [0.2, 0.25) is 6.23 Å². The lowest BCUT2D eigenvalue weighted by Gasteiger charge is -2.38. The lowest BCUT2D eigenvalue weighted by Crippen LogP contribution is -2.33. The molecule has 0 fully saturated rings. The lowest BCUT2D eigenvalue weighted by molar-refractivity contribution is -0.0499. The van der Waals surface area contributed by atoms with Crippen LogP contribution in [-0.2, 0) is 0 Å². The van der Waals surface area contributed by atoms with Gasteiger partial charge in [-0.15, -0.1) is 0 Å². The number of halogens is 2. The molecule has 3 aromatic carbocycles. The summed E-state index contributed by atoms with van der Waals surface area (Å²) in [5, 5.41) is 6.85. The summed E-state index contributed by atoms with van der Waals surface area (Å²) < 4.78 is 35.6. The molecular formula is C23H18F2N2O2. The van der Waals surface area contributed by atoms with Crippen LogP contribution < -0.4 is 9.47 Å². The van der Waals surface area contributed by atoms with Crippen molar-refractivity contribution in [3.8, 4) is 11.5 Å². The first-order valence-corrected chi connectivity index (χ1v) is 9.40. The molecule has 2 aliphatic rings. The molecule has 0 radical (unpaired) electrons. The van der Waals surface area contributed by atoms with Crippen LogP contribution in [0.3, 0.4) is 0 Å². The molecule has 5 rings (SSSR count). The van der Waals surface area contributed by atoms with Gasteiger partial charge in [0, 0.05) is 17.5 Å². The second-order valence-corrected chi connectivity index (χ2v) is 6.97. The molecule has 2 unspecified atom stereocenters. The van der Waals surface area contributed by atoms with Crippen molar-refractivity contribution in [2.75, 3.05) is 0 Å². The summed E-state index contributed by atoms with van der Waals surface area (Å²) in [7, 11) is 0. The van der Waals surface area contributed by atoms with Crippen LogP contribution in [0.1, 0.15) is 35.4 Å². The molecule has 0 bridgehead atoms. The van der Waals surface area contributed by atoms with Crippen LogP contribution in [-0.4, -0.2) is 17.3 Å². The number of rotatable bonds is 4. The summed E-state index contributed by atoms with van der Waals surface area (Å²) in [6, 6.07) is 24.6. The Hall–Kier alpha value is -3.41. The van der Waals surface area contributed by atoms with Gasteiger partial charge in [0.1, 0.15) is 11.5 Å². The highest BCUT2D eigenvalue weighted by atomic mass is 19.3. The number of benzene rings is 3. The highest BCUT2D eigenvalue weighted by Crippen LogP contribution is 2.47. The summed E-state index contributed by atoms with van der Waals surface area (Å²) >= 11 is 0. The highest BCUT2D eigenvalue weighted by Gasteiger charge is 2.40. The first-order valence-electron chi connectivity index (χ1n) is 9.40. The van der Waals surface area contributed by atoms with E-state index in [9.17, 15) is 8.78 Å². The third kappa shape index (κ3) is 3.31. The van der Waals surface area contributed by atoms with E-state index in [0.717, 1.165) is 34.6 Å². The van der Waals surface area contributed by atoms with E-state index in [-0.39, 0.29) is 11.8 Å². The number of alkyl halides is 2. The molecule has 0 spiro atoms. The maximum atomic E-state index is 12.4. The van der Waals surface area contributed by atoms with Gasteiger partial charge in [-0.1, -0.05) is 48.5 Å². The maximum Gasteiger partial charge on any atom is 0.387 e. The van der Waals surface area contributed by atoms with Crippen LogP contribution in [0.25, 0.3) is 0 Å². The Labute approximate surface area is 167 Å². The Bertz CT molecular complexity index is 1040. The van der Waals surface area contributed by atoms with Crippen molar-refractivity contribution in [1.29, 1.82) is 0 Å². The standard InChI is InChI=1S/C23H18F2N2O2/c24-23(25)28-17-12-10-16(11-13-17)22-27-20(18-8-4-5-9-21(18)29-22)14-19(26-27)15-6-2-1-3-7-15/h1-13,20,22-23H,14H2. The van der Waals surface area contributed by atoms with Crippen molar-refractivity contribution in [3.05, 3.63) is 95.6 Å². The van der Waals surface area contributed by atoms with E-state index in [1.54, 1.807) is 12.1 Å². The molecule has 2 aliphatic heterocycles. The highest BCUT2D eigenvalue weighted by molar-refractivity contribution is 6.01. The number of hydrogen-bond donors (Lipinski definition) is 0. The molecule has 29 heavy (non-hydrogen) atoms. The van der Waals surface area contributed by atoms with Gasteiger partial charge in [0.25, 0.3) is 0 Å². The molecular weight excluding hydrogens is 374 g/mol. The quantitative estimate of drug-likeness (QED) is 0.585. The first kappa shape index (κ1) is 17.7. The van der Waals surface area contributed by atoms with Crippen molar-refractivity contribution in [3.63, 3.8) is 0 Å². The van der Waals surface area contributed by atoms with Gasteiger partial charge >= 0.3 is 6.61 Å². The van der Waals surface area contributed by atoms with E-state index in [0.29, 0.717) is 0 Å². The SMILES string of the molecule is FC(F)Oc1ccc(C2Oc3ccccc3C3CC(c4ccccc4)=NN32)cc1. The van der Waals surface area contributed by atoms with Gasteiger partial charge in [0.15, 0.2) is 0 Å². The van der Waals surface area contributed by atoms with Gasteiger partial charge in [-0.25, -0.2) is 5.01 Å². The van der Waals surface area contributed by atoms with Crippen molar-refractivity contribution >= 4 is 5.71 Å². The topological polar surface area (TPSA) is 34.1 Å². The molecule has 0 N–H and O–H groups in total. The summed E-state index contributed by atoms with van der Waals surface area (Å²) in [4.78, 5) is 0. The van der Waals surface area contributed by atoms with Gasteiger partial charge in [0.05, 0.1) is 11.8 Å². The molecule has 4 nitrogen and oxygen atoms in total. The third-order valence-corrected chi connectivity index (χ3v) is 5.20. The fraction of sp³-hybridized carbons (Fsp3) is 0.174. The fourth-order valence-corrected chi connectivity index (χ4v) is 3.87. The molecule has 2 atom stereocenters. The van der Waals surface area contributed by atoms with Gasteiger partial charge < -0.3 is 9.47 Å². The number of hydrazone groups is 1. The van der Waals surface area contributed by atoms with Crippen LogP contribution in [0.5, 0.6) is 11.5 Å². The minimum atomic E-state index is -2.85. The van der Waals surface area contributed by atoms with Crippen molar-refractivity contribution in [2.45, 2.75) is 25.3 Å². The molecule has 0 saturated heterocycles. The summed E-state index contributed by atoms with van der Waals surface area (Å²) in [5.41, 5.74) is 4.00. The van der Waals surface area contributed by atoms with E-state index in [1.807, 2.05) is 41.4 Å². The maximum absolute atomic E-state index is 12.4. The monoisotopic (exact) mass is 392 g/mol. The second-order valence-electron chi connectivity index (χ2n) is 6.97. The minimum absolute atomic E-state index is 0.0529. The Morgan fingerprint density at radius 3 is 2.41 bits per heavy atom. The zero-order valence-corrected chi connectivity index (χ0v) is 15.4. The molecule has 0 aromatic heterocycles. The van der Waals surface area contributed by atoms with Crippen LogP contribution >= 0.6 is 0 Å². The van der Waals surface area contributed by atoms with Crippen molar-refractivity contribution < 1.29 is 18.3 Å². The number of nitrogens with zero attached hydrogens (tertiary/aromatic N) is 2. The number of ether oxygens (including phenoxy) is 2. The zero-order chi connectivity index (χ0) is 19.8. The summed E-state index contributed by atoms with van der Waals surface area (Å²) in [6.07, 6.45) is 0.324. The molecule has 0 saturated carbocycles. The van der Waals surface area contributed by atoms with Crippen LogP contribution in [0, 0.1) is 0 Å². The normalized spacial score (nSPS) is 20.0. The number of hydrogen-bond acceptors (Lipinski definition) is 4. The molecule has 6 heteroatoms. The van der Waals surface area contributed by atoms with Gasteiger partial charge in [-0.3, -0.25) is 0 Å². The predicted octanol–water partition coefficient (Wildman–Crippen LogP) is 5.53. The zero-order valence-electron chi connectivity index (χ0n) is 15.4. The van der Waals surface area contributed by atoms with E-state index >= 15 is 0 Å². The van der Waals surface area contributed by atoms with Crippen LogP contribution in [0.2, 0.25) is 0 Å². The third-order valence-electron chi connectivity index (χ3n) is 5.20. The van der Waals surface area contributed by atoms with E-state index in [4.69, 9.17) is 9.84 Å². The van der Waals surface area contributed by atoms with E-state index < -0.39 is 12.8 Å². The van der Waals surface area contributed by atoms with Gasteiger partial charge in [-0.05, 0) is 35.9 Å². The Morgan fingerprint density at radius 1 is 0.931 bits per heavy atom. The fourth-order valence-electron chi connectivity index (χ4n) is 3.87. The molecule has 2 heterocycles. The van der Waals surface area contributed by atoms with Crippen LogP contribution in [0.15, 0.2) is 84.0 Å². The molecule has 3 aromatic rings. The summed E-state index contributed by atoms with van der Waals surface area (Å²) in [6.45, 7) is -2.85. The van der Waals surface area contributed by atoms with Crippen LogP contribution in [0.4, 0.5) is 8.78 Å². The van der Waals surface area contributed by atoms with Crippen molar-refractivity contribution in [2.24, 2.45) is 5.10 Å². The second kappa shape index (κ2) is 7.20. The Morgan fingerprint density at radius 2 is 1.66 bits per heavy atom. The first-order chi connectivity index (χ1) is 14.2. The largest absolute Gasteiger partial charge is 0.464 e. The molecule has 0 amide bonds. The number of para-hydroxylation sites is 1. The van der Waals surface area contributed by atoms with E-state index in [1.165, 1.54) is 12.1 Å². The smallest absolute Gasteiger partial charge is 0.387 e. The Kier molecular flexibility index (Phi) is 4.39. The minimum Gasteiger partial charge on any atom is -0.464 e. The average molecular weight is 392 g/mol. The summed E-state index contributed by atoms with van der Waals surface area (Å²) in [5.74, 6) is 0.933. The van der Waals surface area contributed by atoms with Crippen molar-refractivity contribution in [1.82, 2.24) is 5.01 Å². The Balaban J connectivity index is 1.52. The molecule has 146 valence electrons. The predicted molar refractivity (Wildman–Crippen MR) is 105 cm³/mol. The average Bonchev–Trinajstić information content (AvgIpc) is 3.20. The van der Waals surface area contributed by atoms with E-state index in [2.05, 4.69) is 22.9 Å². The lowest BCUT2D eigenvalue weighted by atomic mass is 9.96. The van der Waals surface area contributed by atoms with Gasteiger partial charge in [-0.2, -0.15) is 13.9 Å².